The van der Waals surface area contributed by atoms with Gasteiger partial charge in [0.2, 0.25) is 0 Å². The number of carboxylic acid groups (broad SMARTS) is 1. The lowest BCUT2D eigenvalue weighted by molar-refractivity contribution is -0.609. The summed E-state index contributed by atoms with van der Waals surface area (Å²) in [5, 5.41) is 12.6. The summed E-state index contributed by atoms with van der Waals surface area (Å²) in [6.45, 7) is -0.121. The molecule has 0 amide bonds. The Morgan fingerprint density at radius 2 is 2.18 bits per heavy atom. The minimum atomic E-state index is -1.03. The number of aliphatic carboxylic acids is 1. The highest BCUT2D eigenvalue weighted by Crippen LogP contribution is 2.09. The maximum Gasteiger partial charge on any atom is 0.407 e. The van der Waals surface area contributed by atoms with E-state index in [0.29, 0.717) is 0 Å². The van der Waals surface area contributed by atoms with Crippen LogP contribution in [0.5, 0.6) is 0 Å². The van der Waals surface area contributed by atoms with E-state index in [1.807, 2.05) is 30.3 Å². The minimum Gasteiger partial charge on any atom is -0.476 e. The molecule has 0 saturated heterocycles. The Hall–Kier alpha value is -2.24. The topological polar surface area (TPSA) is 79.0 Å². The van der Waals surface area contributed by atoms with E-state index < -0.39 is 18.0 Å². The summed E-state index contributed by atoms with van der Waals surface area (Å²) in [4.78, 5) is 26.4. The molecule has 1 N–H and O–H groups in total. The second kappa shape index (κ2) is 4.73. The molecule has 1 aromatic rings. The number of benzene rings is 1. The predicted octanol–water partition coefficient (Wildman–Crippen LogP) is 0.619. The van der Waals surface area contributed by atoms with Crippen LogP contribution in [0.15, 0.2) is 35.6 Å². The summed E-state index contributed by atoms with van der Waals surface area (Å²) >= 11 is 0. The van der Waals surface area contributed by atoms with Crippen molar-refractivity contribution in [1.29, 1.82) is 0 Å². The highest BCUT2D eigenvalue weighted by atomic mass is 16.7. The van der Waals surface area contributed by atoms with Crippen LogP contribution in [0, 0.1) is 0 Å². The van der Waals surface area contributed by atoms with E-state index in [-0.39, 0.29) is 13.0 Å². The Morgan fingerprint density at radius 3 is 2.71 bits per heavy atom. The van der Waals surface area contributed by atoms with Gasteiger partial charge in [-0.05, 0) is 5.56 Å². The first-order valence-corrected chi connectivity index (χ1v) is 5.11. The van der Waals surface area contributed by atoms with Crippen LogP contribution in [0.2, 0.25) is 0 Å². The van der Waals surface area contributed by atoms with Crippen molar-refractivity contribution in [2.75, 3.05) is 6.54 Å². The van der Waals surface area contributed by atoms with Gasteiger partial charge in [0.05, 0.1) is 0 Å². The Kier molecular flexibility index (Phi) is 3.13. The van der Waals surface area contributed by atoms with Gasteiger partial charge in [-0.2, -0.15) is 0 Å². The second-order valence-corrected chi connectivity index (χ2v) is 3.69. The van der Waals surface area contributed by atoms with E-state index in [1.165, 1.54) is 0 Å². The number of hydrogen-bond acceptors (Lipinski definition) is 4. The summed E-state index contributed by atoms with van der Waals surface area (Å²) in [6.07, 6.45) is 0.274. The molecule has 2 rings (SSSR count). The number of carboxylic acids is 1. The normalized spacial score (nSPS) is 16.2. The molecule has 1 unspecified atom stereocenters. The minimum absolute atomic E-state index is 0.121. The summed E-state index contributed by atoms with van der Waals surface area (Å²) in [7, 11) is 0. The highest BCUT2D eigenvalue weighted by Gasteiger charge is 2.38. The summed E-state index contributed by atoms with van der Waals surface area (Å²) < 4.78 is 1.15. The Morgan fingerprint density at radius 1 is 1.47 bits per heavy atom. The standard InChI is InChI=1S/C11H10N2O4/c14-10-7-13(12-17-10)9(11(15)16)6-8-4-2-1-3-5-8/h1-5,9H,6-7H2/p+1. The smallest absolute Gasteiger partial charge is 0.407 e. The molecule has 1 aliphatic heterocycles. The lowest BCUT2D eigenvalue weighted by atomic mass is 10.1. The molecule has 6 nitrogen and oxygen atoms in total. The van der Waals surface area contributed by atoms with E-state index in [4.69, 9.17) is 5.11 Å². The van der Waals surface area contributed by atoms with E-state index >= 15 is 0 Å². The Bertz CT molecular complexity index is 470. The molecule has 0 saturated carbocycles. The average Bonchev–Trinajstić information content (AvgIpc) is 2.73. The fourth-order valence-electron chi connectivity index (χ4n) is 1.61. The second-order valence-electron chi connectivity index (χ2n) is 3.69. The Labute approximate surface area is 97.1 Å². The first kappa shape index (κ1) is 11.3. The molecule has 88 valence electrons. The first-order valence-electron chi connectivity index (χ1n) is 5.11. The summed E-state index contributed by atoms with van der Waals surface area (Å²) in [6, 6.07) is 8.28. The van der Waals surface area contributed by atoms with E-state index in [9.17, 15) is 9.59 Å². The van der Waals surface area contributed by atoms with Gasteiger partial charge in [-0.15, -0.1) is 0 Å². The van der Waals surface area contributed by atoms with Crippen molar-refractivity contribution in [3.8, 4) is 0 Å². The maximum atomic E-state index is 11.1. The third-order valence-electron chi connectivity index (χ3n) is 2.46. The first-order chi connectivity index (χ1) is 8.16. The van der Waals surface area contributed by atoms with Crippen LogP contribution in [0.4, 0.5) is 0 Å². The van der Waals surface area contributed by atoms with Gasteiger partial charge in [0, 0.05) is 6.42 Å². The van der Waals surface area contributed by atoms with Crippen molar-refractivity contribution in [2.45, 2.75) is 12.5 Å². The largest absolute Gasteiger partial charge is 0.476 e. The van der Waals surface area contributed by atoms with Crippen LogP contribution in [0.25, 0.3) is 0 Å². The van der Waals surface area contributed by atoms with Crippen molar-refractivity contribution in [2.24, 2.45) is 5.28 Å². The van der Waals surface area contributed by atoms with Gasteiger partial charge in [-0.25, -0.2) is 9.59 Å². The van der Waals surface area contributed by atoms with E-state index in [1.54, 1.807) is 0 Å². The van der Waals surface area contributed by atoms with Crippen LogP contribution in [-0.4, -0.2) is 34.3 Å². The molecular weight excluding hydrogens is 224 g/mol. The quantitative estimate of drug-likeness (QED) is 0.776. The summed E-state index contributed by atoms with van der Waals surface area (Å²) in [5.41, 5.74) is 0.870. The fraction of sp³-hybridized carbons (Fsp3) is 0.273. The van der Waals surface area contributed by atoms with Gasteiger partial charge in [-0.3, -0.25) is 4.84 Å². The zero-order valence-corrected chi connectivity index (χ0v) is 8.94. The van der Waals surface area contributed by atoms with Gasteiger partial charge < -0.3 is 5.11 Å². The van der Waals surface area contributed by atoms with Crippen LogP contribution < -0.4 is 0 Å². The molecule has 1 aromatic carbocycles. The predicted molar refractivity (Wildman–Crippen MR) is 55.2 cm³/mol. The molecule has 0 aromatic heterocycles. The lowest BCUT2D eigenvalue weighted by Crippen LogP contribution is -2.35. The van der Waals surface area contributed by atoms with Crippen molar-refractivity contribution >= 4 is 11.9 Å². The zero-order valence-electron chi connectivity index (χ0n) is 8.94. The number of carbonyl (C=O) groups excluding carboxylic acids is 1. The molecule has 0 radical (unpaired) electrons. The molecule has 0 fully saturated rings. The van der Waals surface area contributed by atoms with Gasteiger partial charge >= 0.3 is 11.9 Å². The van der Waals surface area contributed by atoms with E-state index in [0.717, 1.165) is 10.3 Å². The lowest BCUT2D eigenvalue weighted by Gasteiger charge is -2.04. The molecular formula is C11H11N2O4+. The van der Waals surface area contributed by atoms with Gasteiger partial charge in [0.25, 0.3) is 12.6 Å². The third kappa shape index (κ3) is 2.66. The van der Waals surface area contributed by atoms with Gasteiger partial charge in [0.1, 0.15) is 0 Å². The molecule has 1 atom stereocenters. The van der Waals surface area contributed by atoms with Gasteiger partial charge in [-0.1, -0.05) is 35.0 Å². The fourth-order valence-corrected chi connectivity index (χ4v) is 1.61. The number of hydrogen-bond donors (Lipinski definition) is 1. The third-order valence-corrected chi connectivity index (χ3v) is 2.46. The molecule has 0 bridgehead atoms. The molecule has 0 aliphatic carbocycles. The zero-order chi connectivity index (χ0) is 12.3. The maximum absolute atomic E-state index is 11.1. The van der Waals surface area contributed by atoms with Crippen LogP contribution in [0.3, 0.4) is 0 Å². The van der Waals surface area contributed by atoms with Crippen molar-refractivity contribution in [3.63, 3.8) is 0 Å². The number of carbonyl (C=O) groups is 2. The molecule has 1 aliphatic rings. The number of rotatable bonds is 4. The SMILES string of the molecule is O=C1C[N+](C(Cc2ccccc2)C(=O)O)=NO1. The highest BCUT2D eigenvalue weighted by molar-refractivity contribution is 5.74. The van der Waals surface area contributed by atoms with E-state index in [2.05, 4.69) is 10.1 Å². The van der Waals surface area contributed by atoms with Crippen molar-refractivity contribution < 1.29 is 24.2 Å². The Balaban J connectivity index is 2.14. The molecule has 1 heterocycles. The number of nitrogens with zero attached hydrogens (tertiary/aromatic N) is 2. The molecule has 0 spiro atoms. The van der Waals surface area contributed by atoms with Crippen molar-refractivity contribution in [1.82, 2.24) is 0 Å². The van der Waals surface area contributed by atoms with Crippen LogP contribution in [-0.2, 0) is 20.8 Å². The summed E-state index contributed by atoms with van der Waals surface area (Å²) in [5.74, 6) is -1.57. The molecule has 6 heteroatoms. The van der Waals surface area contributed by atoms with Gasteiger partial charge in [0.15, 0.2) is 5.28 Å². The van der Waals surface area contributed by atoms with Crippen LogP contribution >= 0.6 is 0 Å². The monoisotopic (exact) mass is 235 g/mol. The van der Waals surface area contributed by atoms with Crippen LogP contribution in [0.1, 0.15) is 5.56 Å². The van der Waals surface area contributed by atoms with Crippen molar-refractivity contribution in [3.05, 3.63) is 35.9 Å². The molecule has 17 heavy (non-hydrogen) atoms. The average molecular weight is 235 g/mol.